The molecule has 106 valence electrons. The third-order valence-electron chi connectivity index (χ3n) is 2.39. The molecule has 0 saturated heterocycles. The molecule has 0 spiro atoms. The second-order valence-corrected chi connectivity index (χ2v) is 4.24. The van der Waals surface area contributed by atoms with Crippen molar-refractivity contribution in [3.05, 3.63) is 29.3 Å². The van der Waals surface area contributed by atoms with Crippen molar-refractivity contribution in [2.45, 2.75) is 20.0 Å². The van der Waals surface area contributed by atoms with Crippen LogP contribution < -0.4 is 10.6 Å². The SMILES string of the molecule is CNc1c(F)cc(C(=O)NCCOC(C)C)cc1F. The number of carbonyl (C=O) groups excluding carboxylic acids is 1. The van der Waals surface area contributed by atoms with E-state index in [2.05, 4.69) is 10.6 Å². The van der Waals surface area contributed by atoms with E-state index in [0.717, 1.165) is 12.1 Å². The van der Waals surface area contributed by atoms with Crippen molar-refractivity contribution in [3.63, 3.8) is 0 Å². The predicted octanol–water partition coefficient (Wildman–Crippen LogP) is 2.16. The van der Waals surface area contributed by atoms with E-state index in [9.17, 15) is 13.6 Å². The van der Waals surface area contributed by atoms with E-state index < -0.39 is 17.5 Å². The number of nitrogens with one attached hydrogen (secondary N) is 2. The molecule has 0 radical (unpaired) electrons. The maximum absolute atomic E-state index is 13.5. The van der Waals surface area contributed by atoms with E-state index in [4.69, 9.17) is 4.74 Å². The molecule has 6 heteroatoms. The number of anilines is 1. The zero-order valence-electron chi connectivity index (χ0n) is 11.2. The van der Waals surface area contributed by atoms with Crippen molar-refractivity contribution in [2.75, 3.05) is 25.5 Å². The van der Waals surface area contributed by atoms with E-state index >= 15 is 0 Å². The van der Waals surface area contributed by atoms with Crippen LogP contribution in [0.1, 0.15) is 24.2 Å². The van der Waals surface area contributed by atoms with Crippen LogP contribution in [0.3, 0.4) is 0 Å². The fraction of sp³-hybridized carbons (Fsp3) is 0.462. The van der Waals surface area contributed by atoms with Gasteiger partial charge in [-0.2, -0.15) is 0 Å². The van der Waals surface area contributed by atoms with Crippen molar-refractivity contribution in [2.24, 2.45) is 0 Å². The first-order chi connectivity index (χ1) is 8.95. The van der Waals surface area contributed by atoms with E-state index in [1.165, 1.54) is 7.05 Å². The first-order valence-corrected chi connectivity index (χ1v) is 6.02. The van der Waals surface area contributed by atoms with Crippen LogP contribution in [0.25, 0.3) is 0 Å². The maximum Gasteiger partial charge on any atom is 0.251 e. The molecule has 0 aliphatic rings. The smallest absolute Gasteiger partial charge is 0.251 e. The van der Waals surface area contributed by atoms with Crippen LogP contribution in [-0.4, -0.2) is 32.2 Å². The van der Waals surface area contributed by atoms with E-state index in [1.54, 1.807) is 0 Å². The van der Waals surface area contributed by atoms with Crippen LogP contribution in [0.2, 0.25) is 0 Å². The average molecular weight is 272 g/mol. The molecule has 4 nitrogen and oxygen atoms in total. The molecule has 2 N–H and O–H groups in total. The summed E-state index contributed by atoms with van der Waals surface area (Å²) in [4.78, 5) is 11.7. The normalized spacial score (nSPS) is 10.6. The summed E-state index contributed by atoms with van der Waals surface area (Å²) in [5, 5.41) is 4.92. The second-order valence-electron chi connectivity index (χ2n) is 4.24. The molecular formula is C13H18F2N2O2. The van der Waals surface area contributed by atoms with Crippen LogP contribution in [-0.2, 0) is 4.74 Å². The Labute approximate surface area is 111 Å². The van der Waals surface area contributed by atoms with Crippen molar-refractivity contribution in [1.29, 1.82) is 0 Å². The molecule has 0 atom stereocenters. The predicted molar refractivity (Wildman–Crippen MR) is 69.3 cm³/mol. The number of hydrogen-bond acceptors (Lipinski definition) is 3. The molecule has 0 aliphatic heterocycles. The highest BCUT2D eigenvalue weighted by Gasteiger charge is 2.13. The average Bonchev–Trinajstić information content (AvgIpc) is 2.33. The fourth-order valence-electron chi connectivity index (χ4n) is 1.50. The van der Waals surface area contributed by atoms with Gasteiger partial charge in [0.1, 0.15) is 17.3 Å². The molecule has 0 bridgehead atoms. The Balaban J connectivity index is 2.63. The van der Waals surface area contributed by atoms with Crippen LogP contribution in [0.4, 0.5) is 14.5 Å². The minimum atomic E-state index is -0.800. The standard InChI is InChI=1S/C13H18F2N2O2/c1-8(2)19-5-4-17-13(18)9-6-10(14)12(16-3)11(15)7-9/h6-8,16H,4-5H2,1-3H3,(H,17,18). The lowest BCUT2D eigenvalue weighted by Gasteiger charge is -2.10. The Morgan fingerprint density at radius 3 is 2.37 bits per heavy atom. The molecule has 0 aliphatic carbocycles. The summed E-state index contributed by atoms with van der Waals surface area (Å²) in [6.07, 6.45) is 0.0710. The minimum Gasteiger partial charge on any atom is -0.383 e. The van der Waals surface area contributed by atoms with Crippen molar-refractivity contribution >= 4 is 11.6 Å². The third-order valence-corrected chi connectivity index (χ3v) is 2.39. The summed E-state index contributed by atoms with van der Waals surface area (Å²) in [6.45, 7) is 4.39. The number of rotatable bonds is 6. The first-order valence-electron chi connectivity index (χ1n) is 6.02. The highest BCUT2D eigenvalue weighted by atomic mass is 19.1. The van der Waals surface area contributed by atoms with Gasteiger partial charge in [0.05, 0.1) is 12.7 Å². The number of amides is 1. The summed E-state index contributed by atoms with van der Waals surface area (Å²) in [6, 6.07) is 1.99. The van der Waals surface area contributed by atoms with Gasteiger partial charge in [-0.05, 0) is 26.0 Å². The van der Waals surface area contributed by atoms with Crippen LogP contribution >= 0.6 is 0 Å². The highest BCUT2D eigenvalue weighted by Crippen LogP contribution is 2.19. The number of hydrogen-bond donors (Lipinski definition) is 2. The summed E-state index contributed by atoms with van der Waals surface area (Å²) in [5.74, 6) is -2.13. The van der Waals surface area contributed by atoms with Crippen LogP contribution in [0.15, 0.2) is 12.1 Å². The Hall–Kier alpha value is -1.69. The molecule has 19 heavy (non-hydrogen) atoms. The number of carbonyl (C=O) groups is 1. The lowest BCUT2D eigenvalue weighted by atomic mass is 10.1. The Morgan fingerprint density at radius 2 is 1.89 bits per heavy atom. The molecule has 1 aromatic carbocycles. The highest BCUT2D eigenvalue weighted by molar-refractivity contribution is 5.94. The fourth-order valence-corrected chi connectivity index (χ4v) is 1.50. The van der Waals surface area contributed by atoms with Gasteiger partial charge in [-0.15, -0.1) is 0 Å². The molecular weight excluding hydrogens is 254 g/mol. The van der Waals surface area contributed by atoms with Gasteiger partial charge in [-0.1, -0.05) is 0 Å². The first kappa shape index (κ1) is 15.4. The van der Waals surface area contributed by atoms with E-state index in [0.29, 0.717) is 6.61 Å². The molecule has 0 aromatic heterocycles. The van der Waals surface area contributed by atoms with Gasteiger partial charge >= 0.3 is 0 Å². The van der Waals surface area contributed by atoms with Gasteiger partial charge < -0.3 is 15.4 Å². The Bertz CT molecular complexity index is 427. The molecule has 0 saturated carbocycles. The molecule has 0 heterocycles. The lowest BCUT2D eigenvalue weighted by Crippen LogP contribution is -2.28. The number of halogens is 2. The van der Waals surface area contributed by atoms with Crippen molar-refractivity contribution < 1.29 is 18.3 Å². The lowest BCUT2D eigenvalue weighted by molar-refractivity contribution is 0.0746. The quantitative estimate of drug-likeness (QED) is 0.780. The molecule has 1 aromatic rings. The largest absolute Gasteiger partial charge is 0.383 e. The van der Waals surface area contributed by atoms with Crippen molar-refractivity contribution in [3.8, 4) is 0 Å². The van der Waals surface area contributed by atoms with Gasteiger partial charge in [-0.25, -0.2) is 8.78 Å². The number of ether oxygens (including phenoxy) is 1. The minimum absolute atomic E-state index is 0.0569. The van der Waals surface area contributed by atoms with Gasteiger partial charge in [0, 0.05) is 19.2 Å². The Morgan fingerprint density at radius 1 is 1.32 bits per heavy atom. The zero-order valence-corrected chi connectivity index (χ0v) is 11.2. The van der Waals surface area contributed by atoms with E-state index in [1.807, 2.05) is 13.8 Å². The van der Waals surface area contributed by atoms with Gasteiger partial charge in [0.15, 0.2) is 0 Å². The topological polar surface area (TPSA) is 50.4 Å². The van der Waals surface area contributed by atoms with Gasteiger partial charge in [0.2, 0.25) is 0 Å². The summed E-state index contributed by atoms with van der Waals surface area (Å²) in [5.41, 5.74) is -0.307. The zero-order chi connectivity index (χ0) is 14.4. The van der Waals surface area contributed by atoms with Crippen LogP contribution in [0, 0.1) is 11.6 Å². The molecule has 1 rings (SSSR count). The summed E-state index contributed by atoms with van der Waals surface area (Å²) >= 11 is 0. The van der Waals surface area contributed by atoms with Crippen LogP contribution in [0.5, 0.6) is 0 Å². The van der Waals surface area contributed by atoms with Crippen molar-refractivity contribution in [1.82, 2.24) is 5.32 Å². The maximum atomic E-state index is 13.5. The summed E-state index contributed by atoms with van der Waals surface area (Å²) < 4.78 is 32.2. The second kappa shape index (κ2) is 7.04. The van der Waals surface area contributed by atoms with Gasteiger partial charge in [-0.3, -0.25) is 4.79 Å². The van der Waals surface area contributed by atoms with Gasteiger partial charge in [0.25, 0.3) is 5.91 Å². The number of benzene rings is 1. The molecule has 0 fully saturated rings. The summed E-state index contributed by atoms with van der Waals surface area (Å²) in [7, 11) is 1.41. The monoisotopic (exact) mass is 272 g/mol. The molecule has 1 amide bonds. The van der Waals surface area contributed by atoms with E-state index in [-0.39, 0.29) is 23.9 Å². The molecule has 0 unspecified atom stereocenters. The third kappa shape index (κ3) is 4.48. The Kier molecular flexibility index (Phi) is 5.69.